The van der Waals surface area contributed by atoms with Gasteiger partial charge in [-0.3, -0.25) is 4.90 Å². The van der Waals surface area contributed by atoms with E-state index in [1.165, 1.54) is 0 Å². The second-order valence-electron chi connectivity index (χ2n) is 2.87. The highest BCUT2D eigenvalue weighted by molar-refractivity contribution is 4.70. The minimum absolute atomic E-state index is 0.359. The Hall–Kier alpha value is -0.500. The Kier molecular flexibility index (Phi) is 4.19. The summed E-state index contributed by atoms with van der Waals surface area (Å²) in [6, 6.07) is 0. The van der Waals surface area contributed by atoms with E-state index in [2.05, 4.69) is 0 Å². The van der Waals surface area contributed by atoms with Crippen molar-refractivity contribution in [3.8, 4) is 0 Å². The third-order valence-electron chi connectivity index (χ3n) is 1.31. The molecule has 0 spiro atoms. The fourth-order valence-corrected chi connectivity index (χ4v) is 0.769. The summed E-state index contributed by atoms with van der Waals surface area (Å²) in [7, 11) is 0.850. The molecule has 0 radical (unpaired) electrons. The van der Waals surface area contributed by atoms with Gasteiger partial charge in [-0.1, -0.05) is 0 Å². The topological polar surface area (TPSA) is 23.5 Å². The first kappa shape index (κ1) is 13.5. The van der Waals surface area contributed by atoms with Gasteiger partial charge >= 0.3 is 12.4 Å². The van der Waals surface area contributed by atoms with Crippen molar-refractivity contribution in [3.05, 3.63) is 0 Å². The van der Waals surface area contributed by atoms with Gasteiger partial charge in [0.2, 0.25) is 0 Å². The summed E-state index contributed by atoms with van der Waals surface area (Å²) >= 11 is 0. The van der Waals surface area contributed by atoms with Gasteiger partial charge in [-0.25, -0.2) is 0 Å². The van der Waals surface area contributed by atoms with Crippen molar-refractivity contribution in [1.82, 2.24) is 4.90 Å². The van der Waals surface area contributed by atoms with Crippen molar-refractivity contribution in [1.29, 1.82) is 0 Å². The van der Waals surface area contributed by atoms with E-state index in [1.807, 2.05) is 0 Å². The van der Waals surface area contributed by atoms with E-state index in [1.54, 1.807) is 0 Å². The summed E-state index contributed by atoms with van der Waals surface area (Å²) in [5.41, 5.74) is 0. The average Bonchev–Trinajstić information content (AvgIpc) is 1.79. The van der Waals surface area contributed by atoms with Gasteiger partial charge in [-0.05, 0) is 7.05 Å². The highest BCUT2D eigenvalue weighted by Gasteiger charge is 2.40. The van der Waals surface area contributed by atoms with Crippen LogP contribution in [0.15, 0.2) is 0 Å². The number of nitrogens with zero attached hydrogens (tertiary/aromatic N) is 1. The lowest BCUT2D eigenvalue weighted by molar-refractivity contribution is -0.213. The summed E-state index contributed by atoms with van der Waals surface area (Å²) in [4.78, 5) is 0.359. The minimum atomic E-state index is -4.89. The fourth-order valence-electron chi connectivity index (χ4n) is 0.769. The van der Waals surface area contributed by atoms with Gasteiger partial charge in [0.05, 0.1) is 6.54 Å². The van der Waals surface area contributed by atoms with Crippen LogP contribution in [-0.4, -0.2) is 48.6 Å². The first-order valence-electron chi connectivity index (χ1n) is 3.52. The van der Waals surface area contributed by atoms with Crippen LogP contribution in [0, 0.1) is 0 Å². The molecule has 0 aromatic heterocycles. The van der Waals surface area contributed by atoms with Crippen LogP contribution in [0.5, 0.6) is 0 Å². The number of likely N-dealkylation sites (N-methyl/N-ethyl adjacent to an activating group) is 1. The molecule has 0 saturated carbocycles. The summed E-state index contributed by atoms with van der Waals surface area (Å²) in [5, 5.41) is 8.42. The number of aliphatic hydroxyl groups is 1. The Morgan fingerprint density at radius 3 is 1.86 bits per heavy atom. The molecule has 14 heavy (non-hydrogen) atoms. The second-order valence-corrected chi connectivity index (χ2v) is 2.87. The van der Waals surface area contributed by atoms with Gasteiger partial charge in [0.15, 0.2) is 6.10 Å². The molecule has 0 amide bonds. The van der Waals surface area contributed by atoms with Crippen molar-refractivity contribution in [2.24, 2.45) is 0 Å². The van der Waals surface area contributed by atoms with Crippen LogP contribution in [0.3, 0.4) is 0 Å². The van der Waals surface area contributed by atoms with Crippen LogP contribution in [0.4, 0.5) is 26.3 Å². The second kappa shape index (κ2) is 4.35. The standard InChI is InChI=1S/C6H9F6NO/c1-13(3-5(7,8)9)2-4(14)6(10,11)12/h4,14H,2-3H2,1H3. The Balaban J connectivity index is 4.01. The molecule has 0 aromatic carbocycles. The van der Waals surface area contributed by atoms with E-state index in [9.17, 15) is 26.3 Å². The van der Waals surface area contributed by atoms with Crippen molar-refractivity contribution in [2.75, 3.05) is 20.1 Å². The lowest BCUT2D eigenvalue weighted by atomic mass is 10.3. The van der Waals surface area contributed by atoms with E-state index < -0.39 is 31.5 Å². The normalized spacial score (nSPS) is 16.1. The number of hydrogen-bond acceptors (Lipinski definition) is 2. The van der Waals surface area contributed by atoms with Crippen molar-refractivity contribution in [3.63, 3.8) is 0 Å². The highest BCUT2D eigenvalue weighted by Crippen LogP contribution is 2.22. The maximum atomic E-state index is 11.7. The van der Waals surface area contributed by atoms with E-state index in [0.717, 1.165) is 7.05 Å². The van der Waals surface area contributed by atoms with Crippen LogP contribution in [0.2, 0.25) is 0 Å². The largest absolute Gasteiger partial charge is 0.415 e. The van der Waals surface area contributed by atoms with E-state index in [4.69, 9.17) is 5.11 Å². The van der Waals surface area contributed by atoms with Crippen LogP contribution >= 0.6 is 0 Å². The zero-order valence-corrected chi connectivity index (χ0v) is 7.15. The Bertz CT molecular complexity index is 176. The molecule has 1 atom stereocenters. The number of aliphatic hydroxyl groups excluding tert-OH is 1. The summed E-state index contributed by atoms with van der Waals surface area (Å²) < 4.78 is 70.0. The lowest BCUT2D eigenvalue weighted by Gasteiger charge is -2.22. The molecule has 1 N–H and O–H groups in total. The van der Waals surface area contributed by atoms with E-state index in [0.29, 0.717) is 4.90 Å². The molecule has 0 bridgehead atoms. The Labute approximate surface area is 76.1 Å². The van der Waals surface area contributed by atoms with E-state index >= 15 is 0 Å². The molecule has 0 heterocycles. The predicted octanol–water partition coefficient (Wildman–Crippen LogP) is 1.40. The maximum absolute atomic E-state index is 11.7. The van der Waals surface area contributed by atoms with Crippen LogP contribution < -0.4 is 0 Å². The van der Waals surface area contributed by atoms with Crippen LogP contribution in [-0.2, 0) is 0 Å². The average molecular weight is 225 g/mol. The molecule has 8 heteroatoms. The number of halogens is 6. The van der Waals surface area contributed by atoms with Gasteiger partial charge in [0, 0.05) is 6.54 Å². The molecule has 0 rings (SSSR count). The zero-order valence-electron chi connectivity index (χ0n) is 7.15. The van der Waals surface area contributed by atoms with Crippen molar-refractivity contribution < 1.29 is 31.4 Å². The van der Waals surface area contributed by atoms with Crippen molar-refractivity contribution in [2.45, 2.75) is 18.5 Å². The third-order valence-corrected chi connectivity index (χ3v) is 1.31. The molecule has 0 aliphatic rings. The molecule has 86 valence electrons. The van der Waals surface area contributed by atoms with Gasteiger partial charge in [-0.15, -0.1) is 0 Å². The summed E-state index contributed by atoms with van der Waals surface area (Å²) in [6.45, 7) is -2.58. The van der Waals surface area contributed by atoms with Gasteiger partial charge in [0.1, 0.15) is 0 Å². The van der Waals surface area contributed by atoms with E-state index in [-0.39, 0.29) is 0 Å². The first-order valence-corrected chi connectivity index (χ1v) is 3.52. The SMILES string of the molecule is CN(CC(O)C(F)(F)F)CC(F)(F)F. The third kappa shape index (κ3) is 6.03. The molecular formula is C6H9F6NO. The Morgan fingerprint density at radius 2 is 1.57 bits per heavy atom. The molecule has 0 fully saturated rings. The fraction of sp³-hybridized carbons (Fsp3) is 1.00. The van der Waals surface area contributed by atoms with Gasteiger partial charge in [0.25, 0.3) is 0 Å². The molecule has 2 nitrogen and oxygen atoms in total. The Morgan fingerprint density at radius 1 is 1.14 bits per heavy atom. The molecule has 0 aliphatic heterocycles. The highest BCUT2D eigenvalue weighted by atomic mass is 19.4. The van der Waals surface area contributed by atoms with Gasteiger partial charge < -0.3 is 5.11 Å². The molecule has 1 unspecified atom stereocenters. The van der Waals surface area contributed by atoms with Crippen LogP contribution in [0.25, 0.3) is 0 Å². The monoisotopic (exact) mass is 225 g/mol. The first-order chi connectivity index (χ1) is 6.02. The number of alkyl halides is 6. The predicted molar refractivity (Wildman–Crippen MR) is 35.6 cm³/mol. The molecule has 0 aliphatic carbocycles. The molecular weight excluding hydrogens is 216 g/mol. The zero-order chi connectivity index (χ0) is 11.6. The minimum Gasteiger partial charge on any atom is -0.382 e. The molecule has 0 aromatic rings. The summed E-state index contributed by atoms with van der Waals surface area (Å²) in [5.74, 6) is 0. The maximum Gasteiger partial charge on any atom is 0.415 e. The van der Waals surface area contributed by atoms with Gasteiger partial charge in [-0.2, -0.15) is 26.3 Å². The lowest BCUT2D eigenvalue weighted by Crippen LogP contribution is -2.42. The smallest absolute Gasteiger partial charge is 0.382 e. The van der Waals surface area contributed by atoms with Crippen LogP contribution in [0.1, 0.15) is 0 Å². The van der Waals surface area contributed by atoms with Crippen molar-refractivity contribution >= 4 is 0 Å². The number of rotatable bonds is 3. The number of hydrogen-bond donors (Lipinski definition) is 1. The molecule has 0 saturated heterocycles. The quantitative estimate of drug-likeness (QED) is 0.734. The summed E-state index contributed by atoms with van der Waals surface area (Å²) in [6.07, 6.45) is -12.2.